The van der Waals surface area contributed by atoms with E-state index < -0.39 is 0 Å². The Hall–Kier alpha value is -4.32. The van der Waals surface area contributed by atoms with Crippen molar-refractivity contribution < 1.29 is 14.3 Å². The molecule has 3 N–H and O–H groups in total. The number of aromatic nitrogens is 1. The highest BCUT2D eigenvalue weighted by molar-refractivity contribution is 6.05. The van der Waals surface area contributed by atoms with E-state index in [0.29, 0.717) is 36.8 Å². The van der Waals surface area contributed by atoms with E-state index in [1.165, 1.54) is 5.56 Å². The summed E-state index contributed by atoms with van der Waals surface area (Å²) in [4.78, 5) is 29.6. The third-order valence-electron chi connectivity index (χ3n) is 5.99. The SMILES string of the molecule is Cc1[nH]c2ccccc2c1CCNC(=O)/C(=C/c1ccccc1)NC(=O)c1ccc(OCC(C)C)cc1. The molecule has 37 heavy (non-hydrogen) atoms. The smallest absolute Gasteiger partial charge is 0.267 e. The average molecular weight is 496 g/mol. The van der Waals surface area contributed by atoms with Gasteiger partial charge in [-0.2, -0.15) is 0 Å². The monoisotopic (exact) mass is 495 g/mol. The van der Waals surface area contributed by atoms with Gasteiger partial charge in [-0.1, -0.05) is 62.4 Å². The van der Waals surface area contributed by atoms with Gasteiger partial charge in [-0.05, 0) is 66.8 Å². The Morgan fingerprint density at radius 1 is 0.946 bits per heavy atom. The van der Waals surface area contributed by atoms with Crippen LogP contribution in [0, 0.1) is 12.8 Å². The first-order valence-corrected chi connectivity index (χ1v) is 12.6. The first-order valence-electron chi connectivity index (χ1n) is 12.6. The predicted octanol–water partition coefficient (Wildman–Crippen LogP) is 5.64. The van der Waals surface area contributed by atoms with Crippen LogP contribution in [0.15, 0.2) is 84.6 Å². The maximum absolute atomic E-state index is 13.2. The zero-order valence-electron chi connectivity index (χ0n) is 21.5. The normalized spacial score (nSPS) is 11.5. The Bertz CT molecular complexity index is 1390. The molecule has 0 radical (unpaired) electrons. The second-order valence-corrected chi connectivity index (χ2v) is 9.43. The Morgan fingerprint density at radius 2 is 1.65 bits per heavy atom. The summed E-state index contributed by atoms with van der Waals surface area (Å²) in [5.41, 5.74) is 4.79. The summed E-state index contributed by atoms with van der Waals surface area (Å²) in [6.07, 6.45) is 2.36. The van der Waals surface area contributed by atoms with E-state index >= 15 is 0 Å². The maximum atomic E-state index is 13.2. The van der Waals surface area contributed by atoms with Crippen molar-refractivity contribution in [1.82, 2.24) is 15.6 Å². The van der Waals surface area contributed by atoms with Crippen LogP contribution >= 0.6 is 0 Å². The summed E-state index contributed by atoms with van der Waals surface area (Å²) in [5, 5.41) is 6.93. The van der Waals surface area contributed by atoms with Gasteiger partial charge in [0.25, 0.3) is 11.8 Å². The van der Waals surface area contributed by atoms with E-state index in [2.05, 4.69) is 35.5 Å². The van der Waals surface area contributed by atoms with Crippen LogP contribution in [-0.2, 0) is 11.2 Å². The van der Waals surface area contributed by atoms with Gasteiger partial charge >= 0.3 is 0 Å². The highest BCUT2D eigenvalue weighted by atomic mass is 16.5. The molecule has 0 unspecified atom stereocenters. The third kappa shape index (κ3) is 6.88. The summed E-state index contributed by atoms with van der Waals surface area (Å²) in [5.74, 6) is 0.412. The summed E-state index contributed by atoms with van der Waals surface area (Å²) < 4.78 is 5.70. The lowest BCUT2D eigenvalue weighted by atomic mass is 10.1. The Balaban J connectivity index is 1.45. The highest BCUT2D eigenvalue weighted by Crippen LogP contribution is 2.22. The fourth-order valence-corrected chi connectivity index (χ4v) is 4.09. The second kappa shape index (κ2) is 12.1. The number of carbonyl (C=O) groups is 2. The minimum Gasteiger partial charge on any atom is -0.493 e. The fraction of sp³-hybridized carbons (Fsp3) is 0.226. The van der Waals surface area contributed by atoms with E-state index in [1.54, 1.807) is 30.3 Å². The number of ether oxygens (including phenoxy) is 1. The zero-order valence-corrected chi connectivity index (χ0v) is 21.5. The molecule has 0 saturated carbocycles. The first kappa shape index (κ1) is 25.8. The van der Waals surface area contributed by atoms with Crippen LogP contribution < -0.4 is 15.4 Å². The minimum absolute atomic E-state index is 0.187. The molecular weight excluding hydrogens is 462 g/mol. The zero-order chi connectivity index (χ0) is 26.2. The second-order valence-electron chi connectivity index (χ2n) is 9.43. The quantitative estimate of drug-likeness (QED) is 0.249. The molecule has 6 heteroatoms. The van der Waals surface area contributed by atoms with E-state index in [1.807, 2.05) is 55.5 Å². The number of para-hydroxylation sites is 1. The van der Waals surface area contributed by atoms with Gasteiger partial charge < -0.3 is 20.4 Å². The molecule has 0 atom stereocenters. The number of fused-ring (bicyclic) bond motifs is 1. The van der Waals surface area contributed by atoms with Crippen molar-refractivity contribution in [3.05, 3.63) is 107 Å². The molecule has 1 aromatic heterocycles. The van der Waals surface area contributed by atoms with Crippen molar-refractivity contribution in [2.24, 2.45) is 5.92 Å². The number of hydrogen-bond acceptors (Lipinski definition) is 3. The van der Waals surface area contributed by atoms with E-state index in [4.69, 9.17) is 4.74 Å². The van der Waals surface area contributed by atoms with Gasteiger partial charge in [0, 0.05) is 28.7 Å². The number of aromatic amines is 1. The number of carbonyl (C=O) groups excluding carboxylic acids is 2. The molecule has 0 aliphatic carbocycles. The molecule has 0 fully saturated rings. The fourth-order valence-electron chi connectivity index (χ4n) is 4.09. The molecule has 0 aliphatic heterocycles. The number of rotatable bonds is 10. The van der Waals surface area contributed by atoms with E-state index in [9.17, 15) is 9.59 Å². The van der Waals surface area contributed by atoms with Crippen LogP contribution in [0.2, 0.25) is 0 Å². The summed E-state index contributed by atoms with van der Waals surface area (Å²) in [7, 11) is 0. The minimum atomic E-state index is -0.361. The molecule has 4 rings (SSSR count). The summed E-state index contributed by atoms with van der Waals surface area (Å²) >= 11 is 0. The van der Waals surface area contributed by atoms with Crippen LogP contribution in [0.4, 0.5) is 0 Å². The molecular formula is C31H33N3O3. The van der Waals surface area contributed by atoms with Crippen molar-refractivity contribution >= 4 is 28.8 Å². The van der Waals surface area contributed by atoms with Crippen molar-refractivity contribution in [2.75, 3.05) is 13.2 Å². The lowest BCUT2D eigenvalue weighted by molar-refractivity contribution is -0.117. The Labute approximate surface area is 217 Å². The average Bonchev–Trinajstić information content (AvgIpc) is 3.22. The van der Waals surface area contributed by atoms with Crippen LogP contribution in [-0.4, -0.2) is 29.9 Å². The molecule has 1 heterocycles. The molecule has 190 valence electrons. The summed E-state index contributed by atoms with van der Waals surface area (Å²) in [6, 6.07) is 24.5. The lowest BCUT2D eigenvalue weighted by Gasteiger charge is -2.12. The van der Waals surface area contributed by atoms with Crippen LogP contribution in [0.25, 0.3) is 17.0 Å². The lowest BCUT2D eigenvalue weighted by Crippen LogP contribution is -2.35. The molecule has 6 nitrogen and oxygen atoms in total. The first-order chi connectivity index (χ1) is 17.9. The van der Waals surface area contributed by atoms with Crippen molar-refractivity contribution in [3.63, 3.8) is 0 Å². The summed E-state index contributed by atoms with van der Waals surface area (Å²) in [6.45, 7) is 7.24. The number of aryl methyl sites for hydroxylation is 1. The van der Waals surface area contributed by atoms with Gasteiger partial charge in [0.05, 0.1) is 6.61 Å². The molecule has 3 aromatic carbocycles. The van der Waals surface area contributed by atoms with E-state index in [0.717, 1.165) is 22.2 Å². The van der Waals surface area contributed by atoms with Gasteiger partial charge in [0.2, 0.25) is 0 Å². The number of amides is 2. The number of benzene rings is 3. The van der Waals surface area contributed by atoms with Gasteiger partial charge in [-0.25, -0.2) is 0 Å². The van der Waals surface area contributed by atoms with Crippen molar-refractivity contribution in [1.29, 1.82) is 0 Å². The Kier molecular flexibility index (Phi) is 8.41. The molecule has 0 bridgehead atoms. The van der Waals surface area contributed by atoms with Crippen LogP contribution in [0.5, 0.6) is 5.75 Å². The van der Waals surface area contributed by atoms with Gasteiger partial charge in [0.15, 0.2) is 0 Å². The molecule has 0 spiro atoms. The maximum Gasteiger partial charge on any atom is 0.267 e. The molecule has 4 aromatic rings. The van der Waals surface area contributed by atoms with Crippen molar-refractivity contribution in [2.45, 2.75) is 27.2 Å². The molecule has 0 saturated heterocycles. The number of nitrogens with one attached hydrogen (secondary N) is 3. The number of hydrogen-bond donors (Lipinski definition) is 3. The van der Waals surface area contributed by atoms with Gasteiger partial charge in [-0.3, -0.25) is 9.59 Å². The standard InChI is InChI=1S/C31H33N3O3/c1-21(2)20-37-25-15-13-24(14-16-25)30(35)34-29(19-23-9-5-4-6-10-23)31(36)32-18-17-26-22(3)33-28-12-8-7-11-27(26)28/h4-16,19,21,33H,17-18,20H2,1-3H3,(H,32,36)(H,34,35)/b29-19-. The van der Waals surface area contributed by atoms with Crippen molar-refractivity contribution in [3.8, 4) is 5.75 Å². The number of H-pyrrole nitrogens is 1. The highest BCUT2D eigenvalue weighted by Gasteiger charge is 2.16. The molecule has 0 aliphatic rings. The Morgan fingerprint density at radius 3 is 2.38 bits per heavy atom. The predicted molar refractivity (Wildman–Crippen MR) is 148 cm³/mol. The van der Waals surface area contributed by atoms with Crippen LogP contribution in [0.1, 0.15) is 41.0 Å². The topological polar surface area (TPSA) is 83.2 Å². The largest absolute Gasteiger partial charge is 0.493 e. The third-order valence-corrected chi connectivity index (χ3v) is 5.99. The van der Waals surface area contributed by atoms with Gasteiger partial charge in [-0.15, -0.1) is 0 Å². The molecule has 2 amide bonds. The van der Waals surface area contributed by atoms with E-state index in [-0.39, 0.29) is 17.5 Å². The van der Waals surface area contributed by atoms with Gasteiger partial charge in [0.1, 0.15) is 11.4 Å². The van der Waals surface area contributed by atoms with Crippen LogP contribution in [0.3, 0.4) is 0 Å².